The highest BCUT2D eigenvalue weighted by atomic mass is 35.5. The molecule has 160 valence electrons. The van der Waals surface area contributed by atoms with Gasteiger partial charge in [0.05, 0.1) is 10.7 Å². The minimum atomic E-state index is -1.05. The summed E-state index contributed by atoms with van der Waals surface area (Å²) in [7, 11) is 0. The second-order valence-electron chi connectivity index (χ2n) is 8.07. The smallest absolute Gasteiger partial charge is 0.354 e. The van der Waals surface area contributed by atoms with Crippen LogP contribution < -0.4 is 10.6 Å². The van der Waals surface area contributed by atoms with E-state index in [1.54, 1.807) is 12.1 Å². The Morgan fingerprint density at radius 3 is 2.48 bits per heavy atom. The molecule has 1 aliphatic rings. The zero-order valence-electron chi connectivity index (χ0n) is 17.5. The molecule has 1 aliphatic carbocycles. The van der Waals surface area contributed by atoms with Crippen molar-refractivity contribution in [3.8, 4) is 0 Å². The number of carbonyl (C=O) groups is 1. The minimum Gasteiger partial charge on any atom is -0.477 e. The van der Waals surface area contributed by atoms with E-state index in [0.29, 0.717) is 11.7 Å². The van der Waals surface area contributed by atoms with Crippen LogP contribution in [0.1, 0.15) is 59.6 Å². The lowest BCUT2D eigenvalue weighted by atomic mass is 9.84. The lowest BCUT2D eigenvalue weighted by Gasteiger charge is -2.22. The molecule has 0 spiro atoms. The summed E-state index contributed by atoms with van der Waals surface area (Å²) < 4.78 is 0. The lowest BCUT2D eigenvalue weighted by molar-refractivity contribution is 0.0690. The van der Waals surface area contributed by atoms with Gasteiger partial charge in [0.1, 0.15) is 5.82 Å². The third-order valence-corrected chi connectivity index (χ3v) is 6.12. The van der Waals surface area contributed by atoms with Gasteiger partial charge in [-0.3, -0.25) is 0 Å². The van der Waals surface area contributed by atoms with Crippen LogP contribution in [-0.4, -0.2) is 16.1 Å². The van der Waals surface area contributed by atoms with Gasteiger partial charge in [0, 0.05) is 11.4 Å². The number of aryl methyl sites for hydroxylation is 1. The maximum absolute atomic E-state index is 11.1. The Kier molecular flexibility index (Phi) is 6.42. The van der Waals surface area contributed by atoms with Gasteiger partial charge < -0.3 is 15.7 Å². The van der Waals surface area contributed by atoms with E-state index in [9.17, 15) is 4.79 Å². The summed E-state index contributed by atoms with van der Waals surface area (Å²) in [4.78, 5) is 15.2. The van der Waals surface area contributed by atoms with Crippen LogP contribution in [0.25, 0.3) is 0 Å². The van der Waals surface area contributed by atoms with Crippen molar-refractivity contribution in [2.24, 2.45) is 0 Å². The molecule has 3 N–H and O–H groups in total. The zero-order chi connectivity index (χ0) is 21.8. The molecule has 0 unspecified atom stereocenters. The summed E-state index contributed by atoms with van der Waals surface area (Å²) in [5.74, 6) is 0.0671. The van der Waals surface area contributed by atoms with E-state index >= 15 is 0 Å². The van der Waals surface area contributed by atoms with Crippen molar-refractivity contribution in [3.63, 3.8) is 0 Å². The molecule has 0 amide bonds. The van der Waals surface area contributed by atoms with Crippen molar-refractivity contribution >= 4 is 40.5 Å². The Balaban J connectivity index is 1.47. The van der Waals surface area contributed by atoms with Crippen LogP contribution in [0.5, 0.6) is 0 Å². The van der Waals surface area contributed by atoms with Crippen molar-refractivity contribution < 1.29 is 9.90 Å². The normalized spacial score (nSPS) is 14.3. The van der Waals surface area contributed by atoms with E-state index < -0.39 is 5.97 Å². The first-order chi connectivity index (χ1) is 15.0. The number of nitrogens with one attached hydrogen (secondary N) is 2. The maximum Gasteiger partial charge on any atom is 0.354 e. The predicted octanol–water partition coefficient (Wildman–Crippen LogP) is 7.28. The minimum absolute atomic E-state index is 0.00672. The fourth-order valence-corrected chi connectivity index (χ4v) is 4.36. The summed E-state index contributed by atoms with van der Waals surface area (Å²) in [6, 6.07) is 17.2. The van der Waals surface area contributed by atoms with Crippen molar-refractivity contribution in [1.82, 2.24) is 4.98 Å². The maximum atomic E-state index is 11.1. The quantitative estimate of drug-likeness (QED) is 0.379. The van der Waals surface area contributed by atoms with Crippen molar-refractivity contribution in [1.29, 1.82) is 0 Å². The molecule has 1 saturated carbocycles. The van der Waals surface area contributed by atoms with Gasteiger partial charge in [-0.05, 0) is 79.3 Å². The predicted molar refractivity (Wildman–Crippen MR) is 126 cm³/mol. The largest absolute Gasteiger partial charge is 0.477 e. The Hall–Kier alpha value is -3.05. The summed E-state index contributed by atoms with van der Waals surface area (Å²) in [6.07, 6.45) is 6.45. The van der Waals surface area contributed by atoms with Gasteiger partial charge in [0.25, 0.3) is 0 Å². The Morgan fingerprint density at radius 1 is 1.00 bits per heavy atom. The number of halogens is 1. The highest BCUT2D eigenvalue weighted by molar-refractivity contribution is 6.33. The van der Waals surface area contributed by atoms with Gasteiger partial charge in [-0.1, -0.05) is 43.0 Å². The second-order valence-corrected chi connectivity index (χ2v) is 8.47. The molecule has 2 aromatic carbocycles. The van der Waals surface area contributed by atoms with E-state index in [-0.39, 0.29) is 5.69 Å². The fourth-order valence-electron chi connectivity index (χ4n) is 4.12. The number of hydrogen-bond donors (Lipinski definition) is 3. The van der Waals surface area contributed by atoms with Gasteiger partial charge in [-0.25, -0.2) is 9.78 Å². The molecule has 1 aromatic heterocycles. The Labute approximate surface area is 187 Å². The number of aromatic carboxylic acids is 1. The average molecular weight is 436 g/mol. The lowest BCUT2D eigenvalue weighted by Crippen LogP contribution is -2.05. The summed E-state index contributed by atoms with van der Waals surface area (Å²) in [5, 5.41) is 16.4. The van der Waals surface area contributed by atoms with Crippen LogP contribution >= 0.6 is 11.6 Å². The van der Waals surface area contributed by atoms with Crippen LogP contribution in [0.2, 0.25) is 5.02 Å². The molecular weight excluding hydrogens is 410 g/mol. The molecule has 0 bridgehead atoms. The highest BCUT2D eigenvalue weighted by Gasteiger charge is 2.16. The van der Waals surface area contributed by atoms with Crippen LogP contribution in [0.4, 0.5) is 22.9 Å². The summed E-state index contributed by atoms with van der Waals surface area (Å²) in [6.45, 7) is 1.99. The van der Waals surface area contributed by atoms with Crippen LogP contribution in [0, 0.1) is 6.92 Å². The molecule has 0 saturated heterocycles. The molecule has 0 radical (unpaired) electrons. The van der Waals surface area contributed by atoms with Gasteiger partial charge >= 0.3 is 5.97 Å². The third kappa shape index (κ3) is 5.17. The monoisotopic (exact) mass is 435 g/mol. The Bertz CT molecular complexity index is 1090. The van der Waals surface area contributed by atoms with Gasteiger partial charge in [0.2, 0.25) is 0 Å². The van der Waals surface area contributed by atoms with E-state index in [2.05, 4.69) is 33.8 Å². The van der Waals surface area contributed by atoms with Crippen molar-refractivity contribution in [3.05, 3.63) is 76.4 Å². The number of benzene rings is 2. The summed E-state index contributed by atoms with van der Waals surface area (Å²) >= 11 is 6.59. The fraction of sp³-hybridized carbons (Fsp3) is 0.280. The number of rotatable bonds is 6. The zero-order valence-corrected chi connectivity index (χ0v) is 18.2. The summed E-state index contributed by atoms with van der Waals surface area (Å²) in [5.41, 5.74) is 5.02. The van der Waals surface area contributed by atoms with Gasteiger partial charge in [-0.2, -0.15) is 0 Å². The average Bonchev–Trinajstić information content (AvgIpc) is 2.78. The Morgan fingerprint density at radius 2 is 1.77 bits per heavy atom. The SMILES string of the molecule is Cc1cc(Nc2ccc(C3CCCCC3)cc2Cl)ccc1Nc1cccc(C(=O)O)n1. The number of nitrogens with zero attached hydrogens (tertiary/aromatic N) is 1. The van der Waals surface area contributed by atoms with Crippen molar-refractivity contribution in [2.75, 3.05) is 10.6 Å². The number of anilines is 4. The van der Waals surface area contributed by atoms with Crippen LogP contribution in [0.15, 0.2) is 54.6 Å². The van der Waals surface area contributed by atoms with Crippen LogP contribution in [-0.2, 0) is 0 Å². The molecule has 31 heavy (non-hydrogen) atoms. The first-order valence-corrected chi connectivity index (χ1v) is 11.0. The first-order valence-electron chi connectivity index (χ1n) is 10.6. The standard InChI is InChI=1S/C25H26ClN3O2/c1-16-14-19(11-13-21(16)28-24-9-5-8-23(29-24)25(30)31)27-22-12-10-18(15-20(22)26)17-6-3-2-4-7-17/h5,8-15,17,27H,2-4,6-7H2,1H3,(H,28,29)(H,30,31). The number of pyridine rings is 1. The molecule has 5 nitrogen and oxygen atoms in total. The molecule has 1 heterocycles. The number of carboxylic acids is 1. The molecule has 0 atom stereocenters. The van der Waals surface area contributed by atoms with Gasteiger partial charge in [-0.15, -0.1) is 0 Å². The van der Waals surface area contributed by atoms with E-state index in [4.69, 9.17) is 16.7 Å². The third-order valence-electron chi connectivity index (χ3n) is 5.81. The molecule has 1 fully saturated rings. The van der Waals surface area contributed by atoms with Gasteiger partial charge in [0.15, 0.2) is 5.69 Å². The first kappa shape index (κ1) is 21.2. The molecule has 3 aromatic rings. The van der Waals surface area contributed by atoms with E-state index in [1.807, 2.05) is 25.1 Å². The number of carboxylic acid groups (broad SMARTS) is 1. The highest BCUT2D eigenvalue weighted by Crippen LogP contribution is 2.36. The molecule has 6 heteroatoms. The van der Waals surface area contributed by atoms with Crippen LogP contribution in [0.3, 0.4) is 0 Å². The second kappa shape index (κ2) is 9.40. The molecule has 0 aliphatic heterocycles. The molecule has 4 rings (SSSR count). The number of hydrogen-bond acceptors (Lipinski definition) is 4. The topological polar surface area (TPSA) is 74.2 Å². The number of aromatic nitrogens is 1. The van der Waals surface area contributed by atoms with E-state index in [0.717, 1.165) is 27.6 Å². The molecular formula is C25H26ClN3O2. The van der Waals surface area contributed by atoms with Crippen molar-refractivity contribution in [2.45, 2.75) is 44.9 Å². The van der Waals surface area contributed by atoms with E-state index in [1.165, 1.54) is 43.7 Å².